The van der Waals surface area contributed by atoms with Crippen LogP contribution < -0.4 is 5.32 Å². The second-order valence-electron chi connectivity index (χ2n) is 5.64. The van der Waals surface area contributed by atoms with Crippen LogP contribution >= 0.6 is 0 Å². The smallest absolute Gasteiger partial charge is 0.410 e. The van der Waals surface area contributed by atoms with E-state index in [1.807, 2.05) is 36.4 Å². The zero-order chi connectivity index (χ0) is 16.3. The van der Waals surface area contributed by atoms with Crippen molar-refractivity contribution in [1.82, 2.24) is 10.2 Å². The number of carbonyl (C=O) groups excluding carboxylic acids is 1. The molecule has 1 amide bonds. The van der Waals surface area contributed by atoms with Gasteiger partial charge >= 0.3 is 6.09 Å². The lowest BCUT2D eigenvalue weighted by Gasteiger charge is -2.32. The van der Waals surface area contributed by atoms with Crippen LogP contribution in [0, 0.1) is 0 Å². The molecule has 0 saturated carbocycles. The molecule has 0 aromatic heterocycles. The summed E-state index contributed by atoms with van der Waals surface area (Å²) < 4.78 is 11.0. The van der Waals surface area contributed by atoms with E-state index in [9.17, 15) is 4.79 Å². The molecular formula is C18H26N2O3. The van der Waals surface area contributed by atoms with Gasteiger partial charge in [0.15, 0.2) is 0 Å². The van der Waals surface area contributed by atoms with Gasteiger partial charge in [0.2, 0.25) is 0 Å². The predicted molar refractivity (Wildman–Crippen MR) is 90.2 cm³/mol. The Morgan fingerprint density at radius 1 is 1.39 bits per heavy atom. The molecule has 0 radical (unpaired) electrons. The summed E-state index contributed by atoms with van der Waals surface area (Å²) in [6.45, 7) is 7.39. The van der Waals surface area contributed by atoms with Crippen LogP contribution in [0.25, 0.3) is 0 Å². The highest BCUT2D eigenvalue weighted by Crippen LogP contribution is 2.06. The number of amides is 1. The Labute approximate surface area is 138 Å². The lowest BCUT2D eigenvalue weighted by molar-refractivity contribution is 0.0604. The monoisotopic (exact) mass is 318 g/mol. The van der Waals surface area contributed by atoms with E-state index < -0.39 is 0 Å². The molecule has 1 aromatic rings. The minimum Gasteiger partial charge on any atom is -0.445 e. The van der Waals surface area contributed by atoms with Crippen molar-refractivity contribution in [3.63, 3.8) is 0 Å². The number of carbonyl (C=O) groups is 1. The number of hydrogen-bond donors (Lipinski definition) is 1. The first-order chi connectivity index (χ1) is 11.3. The average molecular weight is 318 g/mol. The summed E-state index contributed by atoms with van der Waals surface area (Å²) in [5.41, 5.74) is 0.998. The molecular weight excluding hydrogens is 292 g/mol. The van der Waals surface area contributed by atoms with Crippen molar-refractivity contribution in [1.29, 1.82) is 0 Å². The number of hydrogen-bond acceptors (Lipinski definition) is 4. The summed E-state index contributed by atoms with van der Waals surface area (Å²) in [6.07, 6.45) is 3.59. The van der Waals surface area contributed by atoms with Crippen LogP contribution in [0.1, 0.15) is 18.4 Å². The third-order valence-electron chi connectivity index (χ3n) is 3.73. The van der Waals surface area contributed by atoms with Crippen molar-refractivity contribution in [2.45, 2.75) is 25.5 Å². The van der Waals surface area contributed by atoms with E-state index in [2.05, 4.69) is 11.9 Å². The molecule has 1 unspecified atom stereocenters. The number of ether oxygens (including phenoxy) is 2. The van der Waals surface area contributed by atoms with Crippen molar-refractivity contribution >= 4 is 6.09 Å². The standard InChI is InChI=1S/C18H26N2O3/c1-2-3-7-12-22-15-17-13-20(11-10-19-17)18(21)23-14-16-8-5-4-6-9-16/h2,4-6,8-9,17,19H,1,3,7,10-15H2. The molecule has 5 nitrogen and oxygen atoms in total. The topological polar surface area (TPSA) is 50.8 Å². The molecule has 2 rings (SSSR count). The summed E-state index contributed by atoms with van der Waals surface area (Å²) in [5, 5.41) is 3.37. The van der Waals surface area contributed by atoms with Crippen LogP contribution in [0.3, 0.4) is 0 Å². The number of nitrogens with one attached hydrogen (secondary N) is 1. The van der Waals surface area contributed by atoms with Gasteiger partial charge in [0.1, 0.15) is 6.61 Å². The quantitative estimate of drug-likeness (QED) is 0.591. The Kier molecular flexibility index (Phi) is 7.63. The summed E-state index contributed by atoms with van der Waals surface area (Å²) in [6, 6.07) is 9.88. The van der Waals surface area contributed by atoms with Crippen molar-refractivity contribution < 1.29 is 14.3 Å². The molecule has 1 aromatic carbocycles. The average Bonchev–Trinajstić information content (AvgIpc) is 2.60. The summed E-state index contributed by atoms with van der Waals surface area (Å²) in [5.74, 6) is 0. The molecule has 1 aliphatic rings. The lowest BCUT2D eigenvalue weighted by Crippen LogP contribution is -2.54. The lowest BCUT2D eigenvalue weighted by atomic mass is 10.2. The number of nitrogens with zero attached hydrogens (tertiary/aromatic N) is 1. The maximum absolute atomic E-state index is 12.2. The van der Waals surface area contributed by atoms with Crippen molar-refractivity contribution in [3.8, 4) is 0 Å². The van der Waals surface area contributed by atoms with Gasteiger partial charge in [-0.15, -0.1) is 6.58 Å². The zero-order valence-corrected chi connectivity index (χ0v) is 13.6. The van der Waals surface area contributed by atoms with Gasteiger partial charge in [-0.05, 0) is 18.4 Å². The molecule has 23 heavy (non-hydrogen) atoms. The van der Waals surface area contributed by atoms with E-state index in [4.69, 9.17) is 9.47 Å². The third kappa shape index (κ3) is 6.42. The maximum atomic E-state index is 12.2. The van der Waals surface area contributed by atoms with Gasteiger partial charge in [0.25, 0.3) is 0 Å². The Balaban J connectivity index is 1.68. The SMILES string of the molecule is C=CCCCOCC1CN(C(=O)OCc2ccccc2)CCN1. The highest BCUT2D eigenvalue weighted by atomic mass is 16.6. The highest BCUT2D eigenvalue weighted by molar-refractivity contribution is 5.67. The fraction of sp³-hybridized carbons (Fsp3) is 0.500. The van der Waals surface area contributed by atoms with E-state index in [1.165, 1.54) is 0 Å². The van der Waals surface area contributed by atoms with Gasteiger partial charge in [-0.3, -0.25) is 0 Å². The van der Waals surface area contributed by atoms with Crippen LogP contribution in [0.15, 0.2) is 43.0 Å². The molecule has 0 bridgehead atoms. The second kappa shape index (κ2) is 10.0. The molecule has 1 N–H and O–H groups in total. The Morgan fingerprint density at radius 2 is 2.22 bits per heavy atom. The first-order valence-electron chi connectivity index (χ1n) is 8.17. The Bertz CT molecular complexity index is 478. The number of unbranched alkanes of at least 4 members (excludes halogenated alkanes) is 1. The number of piperazine rings is 1. The Morgan fingerprint density at radius 3 is 3.00 bits per heavy atom. The van der Waals surface area contributed by atoms with Crippen LogP contribution in [0.5, 0.6) is 0 Å². The molecule has 1 atom stereocenters. The first-order valence-corrected chi connectivity index (χ1v) is 8.17. The molecule has 1 heterocycles. The van der Waals surface area contributed by atoms with E-state index in [1.54, 1.807) is 4.90 Å². The van der Waals surface area contributed by atoms with E-state index in [0.29, 0.717) is 26.3 Å². The van der Waals surface area contributed by atoms with Gasteiger partial charge in [-0.2, -0.15) is 0 Å². The van der Waals surface area contributed by atoms with Crippen molar-refractivity contribution in [2.75, 3.05) is 32.8 Å². The number of allylic oxidation sites excluding steroid dienone is 1. The van der Waals surface area contributed by atoms with Crippen LogP contribution in [0.4, 0.5) is 4.79 Å². The van der Waals surface area contributed by atoms with Crippen LogP contribution in [-0.4, -0.2) is 49.9 Å². The molecule has 126 valence electrons. The molecule has 1 fully saturated rings. The molecule has 0 aliphatic carbocycles. The summed E-state index contributed by atoms with van der Waals surface area (Å²) in [4.78, 5) is 13.9. The molecule has 0 spiro atoms. The van der Waals surface area contributed by atoms with Crippen LogP contribution in [0.2, 0.25) is 0 Å². The minimum atomic E-state index is -0.257. The fourth-order valence-electron chi connectivity index (χ4n) is 2.47. The molecule has 5 heteroatoms. The van der Waals surface area contributed by atoms with Gasteiger partial charge in [0.05, 0.1) is 6.61 Å². The molecule has 1 aliphatic heterocycles. The predicted octanol–water partition coefficient (Wildman–Crippen LogP) is 2.58. The normalized spacial score (nSPS) is 17.7. The fourth-order valence-corrected chi connectivity index (χ4v) is 2.47. The molecule has 1 saturated heterocycles. The number of benzene rings is 1. The largest absolute Gasteiger partial charge is 0.445 e. The second-order valence-corrected chi connectivity index (χ2v) is 5.64. The van der Waals surface area contributed by atoms with Gasteiger partial charge < -0.3 is 19.7 Å². The third-order valence-corrected chi connectivity index (χ3v) is 3.73. The van der Waals surface area contributed by atoms with Gasteiger partial charge in [-0.1, -0.05) is 36.4 Å². The van der Waals surface area contributed by atoms with Crippen LogP contribution in [-0.2, 0) is 16.1 Å². The first kappa shape index (κ1) is 17.5. The van der Waals surface area contributed by atoms with Crippen molar-refractivity contribution in [3.05, 3.63) is 48.6 Å². The summed E-state index contributed by atoms with van der Waals surface area (Å²) in [7, 11) is 0. The zero-order valence-electron chi connectivity index (χ0n) is 13.6. The number of rotatable bonds is 8. The van der Waals surface area contributed by atoms with E-state index in [0.717, 1.165) is 31.6 Å². The highest BCUT2D eigenvalue weighted by Gasteiger charge is 2.24. The van der Waals surface area contributed by atoms with Gasteiger partial charge in [-0.25, -0.2) is 4.79 Å². The van der Waals surface area contributed by atoms with Gasteiger partial charge in [0, 0.05) is 32.3 Å². The van der Waals surface area contributed by atoms with Crippen molar-refractivity contribution in [2.24, 2.45) is 0 Å². The Hall–Kier alpha value is -1.85. The van der Waals surface area contributed by atoms with E-state index >= 15 is 0 Å². The maximum Gasteiger partial charge on any atom is 0.410 e. The minimum absolute atomic E-state index is 0.164. The van der Waals surface area contributed by atoms with E-state index in [-0.39, 0.29) is 12.1 Å². The summed E-state index contributed by atoms with van der Waals surface area (Å²) >= 11 is 0.